The maximum Gasteiger partial charge on any atom is 0.250 e. The van der Waals surface area contributed by atoms with Crippen molar-refractivity contribution in [2.45, 2.75) is 13.2 Å². The molecule has 0 saturated heterocycles. The number of hydrogen-bond acceptors (Lipinski definition) is 4. The van der Waals surface area contributed by atoms with Crippen molar-refractivity contribution in [1.29, 1.82) is 0 Å². The average molecular weight is 435 g/mol. The minimum atomic E-state index is -0.610. The number of carbonyl (C=O) groups excluding carboxylic acids is 2. The van der Waals surface area contributed by atoms with Gasteiger partial charge < -0.3 is 20.4 Å². The molecule has 8 heteroatoms. The monoisotopic (exact) mass is 434 g/mol. The van der Waals surface area contributed by atoms with Crippen LogP contribution < -0.4 is 15.8 Å². The molecule has 0 spiro atoms. The number of primary amides is 1. The van der Waals surface area contributed by atoms with Gasteiger partial charge >= 0.3 is 0 Å². The van der Waals surface area contributed by atoms with Gasteiger partial charge in [-0.1, -0.05) is 35.9 Å². The summed E-state index contributed by atoms with van der Waals surface area (Å²) < 4.78 is 7.62. The van der Waals surface area contributed by atoms with Gasteiger partial charge in [0.1, 0.15) is 24.7 Å². The largest absolute Gasteiger partial charge is 0.486 e. The molecular weight excluding hydrogens is 416 g/mol. The minimum absolute atomic E-state index is 0.00702. The van der Waals surface area contributed by atoms with Gasteiger partial charge in [0.15, 0.2) is 0 Å². The molecule has 31 heavy (non-hydrogen) atoms. The molecule has 7 nitrogen and oxygen atoms in total. The summed E-state index contributed by atoms with van der Waals surface area (Å²) in [7, 11) is 0. The van der Waals surface area contributed by atoms with Crippen LogP contribution >= 0.6 is 11.6 Å². The average Bonchev–Trinajstić information content (AvgIpc) is 3.11. The van der Waals surface area contributed by atoms with Gasteiger partial charge in [-0.2, -0.15) is 0 Å². The molecule has 4 rings (SSSR count). The molecule has 3 aromatic carbocycles. The van der Waals surface area contributed by atoms with Crippen molar-refractivity contribution in [3.05, 3.63) is 89.2 Å². The zero-order valence-corrected chi connectivity index (χ0v) is 17.2. The number of benzene rings is 3. The van der Waals surface area contributed by atoms with E-state index >= 15 is 0 Å². The van der Waals surface area contributed by atoms with Gasteiger partial charge in [-0.05, 0) is 48.5 Å². The smallest absolute Gasteiger partial charge is 0.250 e. The van der Waals surface area contributed by atoms with Crippen LogP contribution in [0.2, 0.25) is 5.02 Å². The predicted molar refractivity (Wildman–Crippen MR) is 119 cm³/mol. The first kappa shape index (κ1) is 20.4. The lowest BCUT2D eigenvalue weighted by atomic mass is 10.1. The number of nitrogens with two attached hydrogens (primary N) is 1. The lowest BCUT2D eigenvalue weighted by Gasteiger charge is -2.12. The highest BCUT2D eigenvalue weighted by Gasteiger charge is 2.16. The minimum Gasteiger partial charge on any atom is -0.486 e. The highest BCUT2D eigenvalue weighted by molar-refractivity contribution is 6.30. The second-order valence-electron chi connectivity index (χ2n) is 6.80. The number of imidazole rings is 1. The highest BCUT2D eigenvalue weighted by Crippen LogP contribution is 2.21. The Labute approximate surface area is 183 Å². The van der Waals surface area contributed by atoms with Crippen LogP contribution in [0.15, 0.2) is 72.8 Å². The van der Waals surface area contributed by atoms with Crippen LogP contribution in [0.4, 0.5) is 5.69 Å². The fourth-order valence-electron chi connectivity index (χ4n) is 3.23. The van der Waals surface area contributed by atoms with E-state index in [4.69, 9.17) is 22.1 Å². The predicted octanol–water partition coefficient (Wildman–Crippen LogP) is 4.01. The van der Waals surface area contributed by atoms with Crippen LogP contribution in [0.1, 0.15) is 16.2 Å². The topological polar surface area (TPSA) is 99.2 Å². The van der Waals surface area contributed by atoms with Crippen LogP contribution in [0, 0.1) is 0 Å². The Hall–Kier alpha value is -3.84. The van der Waals surface area contributed by atoms with Crippen LogP contribution in [0.25, 0.3) is 11.0 Å². The number of aromatic nitrogens is 2. The number of nitrogens with one attached hydrogen (secondary N) is 1. The van der Waals surface area contributed by atoms with Gasteiger partial charge in [-0.15, -0.1) is 0 Å². The Morgan fingerprint density at radius 1 is 1.00 bits per heavy atom. The zero-order valence-electron chi connectivity index (χ0n) is 16.4. The zero-order chi connectivity index (χ0) is 21.8. The molecule has 0 atom stereocenters. The molecule has 2 amide bonds. The molecule has 0 saturated carbocycles. The number of nitrogens with zero attached hydrogens (tertiary/aromatic N) is 2. The van der Waals surface area contributed by atoms with Crippen molar-refractivity contribution in [1.82, 2.24) is 9.55 Å². The van der Waals surface area contributed by atoms with E-state index in [0.717, 1.165) is 11.0 Å². The third kappa shape index (κ3) is 4.67. The number of para-hydroxylation sites is 3. The molecular formula is C23H19ClN4O3. The Kier molecular flexibility index (Phi) is 5.86. The number of fused-ring (bicyclic) bond motifs is 1. The SMILES string of the molecule is NC(=O)c1ccccc1NC(=O)Cn1c(COc2ccc(Cl)cc2)nc2ccccc21. The molecule has 0 aliphatic carbocycles. The summed E-state index contributed by atoms with van der Waals surface area (Å²) in [5.74, 6) is 0.308. The summed E-state index contributed by atoms with van der Waals surface area (Å²) in [6.45, 7) is 0.161. The first-order valence-corrected chi connectivity index (χ1v) is 9.90. The molecule has 4 aromatic rings. The summed E-state index contributed by atoms with van der Waals surface area (Å²) in [5.41, 5.74) is 7.56. The Morgan fingerprint density at radius 3 is 2.48 bits per heavy atom. The van der Waals surface area contributed by atoms with Gasteiger partial charge in [-0.25, -0.2) is 4.98 Å². The molecule has 0 radical (unpaired) electrons. The first-order valence-electron chi connectivity index (χ1n) is 9.52. The molecule has 156 valence electrons. The lowest BCUT2D eigenvalue weighted by molar-refractivity contribution is -0.116. The van der Waals surface area contributed by atoms with Crippen molar-refractivity contribution in [2.24, 2.45) is 5.73 Å². The van der Waals surface area contributed by atoms with E-state index in [9.17, 15) is 9.59 Å². The summed E-state index contributed by atoms with van der Waals surface area (Å²) in [6.07, 6.45) is 0. The second kappa shape index (κ2) is 8.89. The number of hydrogen-bond donors (Lipinski definition) is 2. The van der Waals surface area contributed by atoms with Crippen molar-refractivity contribution in [2.75, 3.05) is 5.32 Å². The normalized spacial score (nSPS) is 10.7. The van der Waals surface area contributed by atoms with E-state index < -0.39 is 5.91 Å². The van der Waals surface area contributed by atoms with Gasteiger partial charge in [-0.3, -0.25) is 9.59 Å². The lowest BCUT2D eigenvalue weighted by Crippen LogP contribution is -2.23. The van der Waals surface area contributed by atoms with Crippen LogP contribution in [0.3, 0.4) is 0 Å². The van der Waals surface area contributed by atoms with Crippen LogP contribution in [-0.4, -0.2) is 21.4 Å². The number of ether oxygens (including phenoxy) is 1. The van der Waals surface area contributed by atoms with Crippen LogP contribution in [-0.2, 0) is 17.9 Å². The summed E-state index contributed by atoms with van der Waals surface area (Å²) >= 11 is 5.92. The fourth-order valence-corrected chi connectivity index (χ4v) is 3.36. The van der Waals surface area contributed by atoms with E-state index in [1.54, 1.807) is 53.1 Å². The van der Waals surface area contributed by atoms with E-state index in [0.29, 0.717) is 22.3 Å². The summed E-state index contributed by atoms with van der Waals surface area (Å²) in [5, 5.41) is 3.38. The van der Waals surface area contributed by atoms with E-state index in [1.165, 1.54) is 0 Å². The third-order valence-corrected chi connectivity index (χ3v) is 4.94. The maximum atomic E-state index is 12.8. The molecule has 1 aromatic heterocycles. The first-order chi connectivity index (χ1) is 15.0. The van der Waals surface area contributed by atoms with Gasteiger partial charge in [0.25, 0.3) is 5.91 Å². The Balaban J connectivity index is 1.57. The number of rotatable bonds is 7. The quantitative estimate of drug-likeness (QED) is 0.459. The van der Waals surface area contributed by atoms with Crippen molar-refractivity contribution < 1.29 is 14.3 Å². The van der Waals surface area contributed by atoms with Crippen molar-refractivity contribution in [3.8, 4) is 5.75 Å². The Bertz CT molecular complexity index is 1250. The molecule has 0 fully saturated rings. The molecule has 0 unspecified atom stereocenters. The molecule has 1 heterocycles. The number of carbonyl (C=O) groups is 2. The summed E-state index contributed by atoms with van der Waals surface area (Å²) in [6, 6.07) is 21.1. The summed E-state index contributed by atoms with van der Waals surface area (Å²) in [4.78, 5) is 29.0. The van der Waals surface area contributed by atoms with E-state index in [2.05, 4.69) is 10.3 Å². The van der Waals surface area contributed by atoms with E-state index in [-0.39, 0.29) is 24.6 Å². The van der Waals surface area contributed by atoms with E-state index in [1.807, 2.05) is 24.3 Å². The van der Waals surface area contributed by atoms with Crippen molar-refractivity contribution >= 4 is 40.1 Å². The molecule has 0 aliphatic rings. The standard InChI is InChI=1S/C23H19ClN4O3/c24-15-9-11-16(12-10-15)31-14-21-26-19-7-3-4-8-20(19)28(21)13-22(29)27-18-6-2-1-5-17(18)23(25)30/h1-12H,13-14H2,(H2,25,30)(H,27,29). The molecule has 3 N–H and O–H groups in total. The molecule has 0 bridgehead atoms. The number of halogens is 1. The fraction of sp³-hybridized carbons (Fsp3) is 0.0870. The molecule has 0 aliphatic heterocycles. The van der Waals surface area contributed by atoms with Gasteiger partial charge in [0.2, 0.25) is 5.91 Å². The van der Waals surface area contributed by atoms with Crippen molar-refractivity contribution in [3.63, 3.8) is 0 Å². The Morgan fingerprint density at radius 2 is 1.71 bits per heavy atom. The third-order valence-electron chi connectivity index (χ3n) is 4.68. The second-order valence-corrected chi connectivity index (χ2v) is 7.24. The number of amides is 2. The van der Waals surface area contributed by atoms with Gasteiger partial charge in [0.05, 0.1) is 22.3 Å². The highest BCUT2D eigenvalue weighted by atomic mass is 35.5. The van der Waals surface area contributed by atoms with Crippen LogP contribution in [0.5, 0.6) is 5.75 Å². The number of anilines is 1. The van der Waals surface area contributed by atoms with Gasteiger partial charge in [0, 0.05) is 5.02 Å². The maximum absolute atomic E-state index is 12.8.